The first-order valence-electron chi connectivity index (χ1n) is 9.02. The number of carbonyl (C=O) groups is 3. The lowest BCUT2D eigenvalue weighted by Crippen LogP contribution is -2.56. The van der Waals surface area contributed by atoms with Gasteiger partial charge in [-0.25, -0.2) is 9.78 Å². The van der Waals surface area contributed by atoms with Crippen LogP contribution in [0.25, 0.3) is 0 Å². The summed E-state index contributed by atoms with van der Waals surface area (Å²) < 4.78 is 0. The van der Waals surface area contributed by atoms with E-state index < -0.39 is 35.9 Å². The Balaban J connectivity index is 2.81. The molecule has 0 aliphatic heterocycles. The van der Waals surface area contributed by atoms with Gasteiger partial charge >= 0.3 is 5.97 Å². The van der Waals surface area contributed by atoms with Crippen molar-refractivity contribution < 1.29 is 19.5 Å². The van der Waals surface area contributed by atoms with Gasteiger partial charge in [0, 0.05) is 18.3 Å². The quantitative estimate of drug-likeness (QED) is 0.254. The van der Waals surface area contributed by atoms with Crippen molar-refractivity contribution in [1.82, 2.24) is 20.6 Å². The number of aliphatic carboxylic acids is 1. The van der Waals surface area contributed by atoms with E-state index in [1.54, 1.807) is 13.8 Å². The third-order valence-corrected chi connectivity index (χ3v) is 4.15. The Bertz CT molecular complexity index is 605. The highest BCUT2D eigenvalue weighted by Gasteiger charge is 2.29. The zero-order valence-corrected chi connectivity index (χ0v) is 15.8. The maximum absolute atomic E-state index is 12.6. The highest BCUT2D eigenvalue weighted by Crippen LogP contribution is 2.06. The summed E-state index contributed by atoms with van der Waals surface area (Å²) in [6.45, 7) is 3.90. The Kier molecular flexibility index (Phi) is 9.45. The van der Waals surface area contributed by atoms with Crippen LogP contribution in [0.5, 0.6) is 0 Å². The maximum Gasteiger partial charge on any atom is 0.326 e. The van der Waals surface area contributed by atoms with Crippen LogP contribution in [-0.4, -0.2) is 57.5 Å². The van der Waals surface area contributed by atoms with Crippen LogP contribution in [0.1, 0.15) is 38.8 Å². The summed E-state index contributed by atoms with van der Waals surface area (Å²) >= 11 is 0. The topological polar surface area (TPSA) is 176 Å². The molecular weight excluding hydrogens is 352 g/mol. The molecule has 2 amide bonds. The van der Waals surface area contributed by atoms with E-state index in [2.05, 4.69) is 20.6 Å². The van der Waals surface area contributed by atoms with Crippen molar-refractivity contribution in [3.63, 3.8) is 0 Å². The van der Waals surface area contributed by atoms with Crippen LogP contribution in [0, 0.1) is 5.92 Å². The molecule has 1 rings (SSSR count). The summed E-state index contributed by atoms with van der Waals surface area (Å²) in [5, 5.41) is 14.4. The van der Waals surface area contributed by atoms with E-state index in [-0.39, 0.29) is 12.3 Å². The summed E-state index contributed by atoms with van der Waals surface area (Å²) in [7, 11) is 0. The van der Waals surface area contributed by atoms with E-state index in [9.17, 15) is 19.5 Å². The molecule has 0 fully saturated rings. The molecule has 27 heavy (non-hydrogen) atoms. The summed E-state index contributed by atoms with van der Waals surface area (Å²) in [5.41, 5.74) is 11.9. The van der Waals surface area contributed by atoms with Crippen molar-refractivity contribution in [2.45, 2.75) is 57.7 Å². The predicted molar refractivity (Wildman–Crippen MR) is 99.5 cm³/mol. The zero-order valence-electron chi connectivity index (χ0n) is 15.8. The number of nitrogens with two attached hydrogens (primary N) is 2. The average Bonchev–Trinajstić information content (AvgIpc) is 3.11. The van der Waals surface area contributed by atoms with E-state index in [4.69, 9.17) is 11.5 Å². The molecular formula is C17H30N6O4. The molecule has 1 heterocycles. The van der Waals surface area contributed by atoms with Crippen LogP contribution < -0.4 is 22.1 Å². The number of imidazole rings is 1. The Hall–Kier alpha value is -2.46. The third kappa shape index (κ3) is 7.75. The van der Waals surface area contributed by atoms with Crippen molar-refractivity contribution in [2.24, 2.45) is 17.4 Å². The van der Waals surface area contributed by atoms with Crippen molar-refractivity contribution >= 4 is 17.8 Å². The molecule has 8 N–H and O–H groups in total. The van der Waals surface area contributed by atoms with Crippen LogP contribution >= 0.6 is 0 Å². The fourth-order valence-corrected chi connectivity index (χ4v) is 2.51. The smallest absolute Gasteiger partial charge is 0.326 e. The summed E-state index contributed by atoms with van der Waals surface area (Å²) in [5.74, 6) is -2.51. The number of hydrogen-bond acceptors (Lipinski definition) is 6. The van der Waals surface area contributed by atoms with Crippen LogP contribution in [0.15, 0.2) is 12.5 Å². The van der Waals surface area contributed by atoms with Crippen molar-refractivity contribution in [3.05, 3.63) is 18.2 Å². The number of nitrogens with zero attached hydrogens (tertiary/aromatic N) is 1. The van der Waals surface area contributed by atoms with E-state index in [1.807, 2.05) is 0 Å². The molecule has 0 aliphatic carbocycles. The number of carboxylic acids is 1. The second-order valence-corrected chi connectivity index (χ2v) is 6.80. The SMILES string of the molecule is CC(C)C(NC(=O)C(Cc1cnc[nH]1)NC(=O)C(N)CCCCN)C(=O)O. The van der Waals surface area contributed by atoms with Gasteiger partial charge in [-0.1, -0.05) is 20.3 Å². The van der Waals surface area contributed by atoms with Crippen LogP contribution in [0.2, 0.25) is 0 Å². The Morgan fingerprint density at radius 1 is 1.22 bits per heavy atom. The number of carbonyl (C=O) groups excluding carboxylic acids is 2. The van der Waals surface area contributed by atoms with Crippen LogP contribution in [0.3, 0.4) is 0 Å². The third-order valence-electron chi connectivity index (χ3n) is 4.15. The lowest BCUT2D eigenvalue weighted by Gasteiger charge is -2.24. The first-order chi connectivity index (χ1) is 12.8. The first kappa shape index (κ1) is 22.6. The lowest BCUT2D eigenvalue weighted by molar-refractivity contribution is -0.143. The minimum Gasteiger partial charge on any atom is -0.480 e. The number of nitrogens with one attached hydrogen (secondary N) is 3. The minimum atomic E-state index is -1.14. The summed E-state index contributed by atoms with van der Waals surface area (Å²) in [6.07, 6.45) is 5.04. The molecule has 0 aliphatic rings. The number of aromatic nitrogens is 2. The van der Waals surface area contributed by atoms with Crippen LogP contribution in [-0.2, 0) is 20.8 Å². The van der Waals surface area contributed by atoms with Gasteiger partial charge in [0.05, 0.1) is 12.4 Å². The highest BCUT2D eigenvalue weighted by atomic mass is 16.4. The van der Waals surface area contributed by atoms with Gasteiger partial charge in [-0.05, 0) is 25.3 Å². The maximum atomic E-state index is 12.6. The van der Waals surface area contributed by atoms with Gasteiger partial charge < -0.3 is 32.2 Å². The minimum absolute atomic E-state index is 0.136. The number of H-pyrrole nitrogens is 1. The monoisotopic (exact) mass is 382 g/mol. The number of carboxylic acid groups (broad SMARTS) is 1. The van der Waals surface area contributed by atoms with Gasteiger partial charge in [-0.15, -0.1) is 0 Å². The van der Waals surface area contributed by atoms with Gasteiger partial charge in [0.2, 0.25) is 11.8 Å². The van der Waals surface area contributed by atoms with Gasteiger partial charge in [-0.3, -0.25) is 9.59 Å². The molecule has 1 aromatic rings. The molecule has 0 saturated heterocycles. The number of rotatable bonds is 12. The Morgan fingerprint density at radius 2 is 1.93 bits per heavy atom. The van der Waals surface area contributed by atoms with Gasteiger partial charge in [0.1, 0.15) is 12.1 Å². The van der Waals surface area contributed by atoms with E-state index in [0.717, 1.165) is 6.42 Å². The normalized spacial score (nSPS) is 14.4. The van der Waals surface area contributed by atoms with Gasteiger partial charge in [0.25, 0.3) is 0 Å². The molecule has 0 saturated carbocycles. The fraction of sp³-hybridized carbons (Fsp3) is 0.647. The number of unbranched alkanes of at least 4 members (excludes halogenated alkanes) is 1. The molecule has 10 heteroatoms. The molecule has 0 radical (unpaired) electrons. The first-order valence-corrected chi connectivity index (χ1v) is 9.02. The number of hydrogen-bond donors (Lipinski definition) is 6. The number of aromatic amines is 1. The Morgan fingerprint density at radius 3 is 2.44 bits per heavy atom. The molecule has 3 unspecified atom stereocenters. The highest BCUT2D eigenvalue weighted by molar-refractivity contribution is 5.92. The molecule has 0 spiro atoms. The fourth-order valence-electron chi connectivity index (χ4n) is 2.51. The van der Waals surface area contributed by atoms with E-state index >= 15 is 0 Å². The summed E-state index contributed by atoms with van der Waals surface area (Å²) in [6, 6.07) is -2.80. The number of amides is 2. The van der Waals surface area contributed by atoms with Crippen molar-refractivity contribution in [3.8, 4) is 0 Å². The molecule has 152 valence electrons. The molecule has 10 nitrogen and oxygen atoms in total. The second kappa shape index (κ2) is 11.3. The largest absolute Gasteiger partial charge is 0.480 e. The van der Waals surface area contributed by atoms with Gasteiger partial charge in [0.15, 0.2) is 0 Å². The average molecular weight is 382 g/mol. The molecule has 0 aromatic carbocycles. The van der Waals surface area contributed by atoms with Crippen molar-refractivity contribution in [2.75, 3.05) is 6.54 Å². The predicted octanol–water partition coefficient (Wildman–Crippen LogP) is -0.881. The standard InChI is InChI=1S/C17H30N6O4/c1-10(2)14(17(26)27)23-16(25)13(7-11-8-20-9-21-11)22-15(24)12(19)5-3-4-6-18/h8-10,12-14H,3-7,18-19H2,1-2H3,(H,20,21)(H,22,24)(H,23,25)(H,26,27). The second-order valence-electron chi connectivity index (χ2n) is 6.80. The van der Waals surface area contributed by atoms with Gasteiger partial charge in [-0.2, -0.15) is 0 Å². The Labute approximate surface area is 158 Å². The summed E-state index contributed by atoms with van der Waals surface area (Å²) in [4.78, 5) is 43.1. The van der Waals surface area contributed by atoms with Crippen molar-refractivity contribution in [1.29, 1.82) is 0 Å². The van der Waals surface area contributed by atoms with E-state index in [0.29, 0.717) is 25.1 Å². The zero-order chi connectivity index (χ0) is 20.4. The van der Waals surface area contributed by atoms with Crippen LogP contribution in [0.4, 0.5) is 0 Å². The van der Waals surface area contributed by atoms with E-state index in [1.165, 1.54) is 12.5 Å². The molecule has 1 aromatic heterocycles. The molecule has 3 atom stereocenters. The lowest BCUT2D eigenvalue weighted by atomic mass is 10.0. The molecule has 0 bridgehead atoms.